The molecule has 21 rings (SSSR count). The number of benzene rings is 15. The maximum absolute atomic E-state index is 2.74. The van der Waals surface area contributed by atoms with Crippen LogP contribution >= 0.6 is 0 Å². The molecule has 13 heteroatoms. The van der Waals surface area contributed by atoms with E-state index in [-0.39, 0.29) is 52.6 Å². The molecule has 1 atom stereocenters. The first-order valence-corrected chi connectivity index (χ1v) is 66.3. The summed E-state index contributed by atoms with van der Waals surface area (Å²) in [5.41, 5.74) is 46.2. The Balaban J connectivity index is 0.982. The van der Waals surface area contributed by atoms with Crippen LogP contribution in [0.2, 0.25) is 78.6 Å². The van der Waals surface area contributed by atoms with Gasteiger partial charge in [0.25, 0.3) is 20.1 Å². The summed E-state index contributed by atoms with van der Waals surface area (Å²) in [6.45, 7) is 77.0. The van der Waals surface area contributed by atoms with E-state index in [1.54, 1.807) is 0 Å². The van der Waals surface area contributed by atoms with Crippen LogP contribution in [0.5, 0.6) is 0 Å². The lowest BCUT2D eigenvalue weighted by atomic mass is 9.33. The molecule has 0 saturated heterocycles. The number of rotatable bonds is 13. The van der Waals surface area contributed by atoms with Crippen LogP contribution in [0, 0.1) is 13.8 Å². The third kappa shape index (κ3) is 16.5. The van der Waals surface area contributed by atoms with Gasteiger partial charge in [0.15, 0.2) is 0 Å². The van der Waals surface area contributed by atoms with E-state index in [4.69, 9.17) is 0 Å². The molecule has 15 aromatic carbocycles. The molecule has 0 N–H and O–H groups in total. The molecule has 1 unspecified atom stereocenters. The lowest BCUT2D eigenvalue weighted by Crippen LogP contribution is -2.62. The van der Waals surface area contributed by atoms with E-state index in [0.29, 0.717) is 0 Å². The SMILES string of the molecule is Cc1ccc(N2c3ccc([Si](C)(C)C)cc3B3c4cc(C(C)(C)C)ccc4N(c4ccc(C(C)(C)C)cc4)c4cc(C(c5cc6c7c(c5)N(c5ccc(C(C)(C)C)cc5)c5ccc(C(C)(C)C)cc5B7c5cc(C)ccc5N6c5ccc([Si](C)(C)C)cc5)c5cc6c7c(c5)N(c5ccc([Si](C)(C)C)cc5)c5ccc([Si](C)(C)C)cc5B7c5cc(C(C)(C)C)ccc5N6c5ccc(C(C)(C)C)cc5)cc2c43)cc1. The highest BCUT2D eigenvalue weighted by atomic mass is 28.3. The normalized spacial score (nSPS) is 14.7. The Morgan fingerprint density at radius 1 is 0.183 bits per heavy atom. The Bertz CT molecular complexity index is 7400. The molecule has 6 aliphatic heterocycles. The molecule has 0 aliphatic carbocycles. The van der Waals surface area contributed by atoms with Crippen molar-refractivity contribution in [3.8, 4) is 0 Å². The molecule has 716 valence electrons. The van der Waals surface area contributed by atoms with Crippen molar-refractivity contribution >= 4 is 225 Å². The maximum atomic E-state index is 2.74. The molecule has 6 heterocycles. The van der Waals surface area contributed by atoms with Crippen LogP contribution in [0.3, 0.4) is 0 Å². The molecule has 0 spiro atoms. The molecule has 0 bridgehead atoms. The maximum Gasteiger partial charge on any atom is 0.252 e. The zero-order valence-corrected chi connectivity index (χ0v) is 94.7. The van der Waals surface area contributed by atoms with Gasteiger partial charge in [-0.1, -0.05) is 381 Å². The van der Waals surface area contributed by atoms with Gasteiger partial charge in [0.05, 0.1) is 32.3 Å². The first-order valence-electron chi connectivity index (χ1n) is 52.3. The minimum absolute atomic E-state index is 0.0985. The number of hydrogen-bond acceptors (Lipinski definition) is 6. The fourth-order valence-electron chi connectivity index (χ4n) is 23.5. The summed E-state index contributed by atoms with van der Waals surface area (Å²) in [5.74, 6) is -0.530. The summed E-state index contributed by atoms with van der Waals surface area (Å²) in [5, 5.41) is 5.78. The minimum Gasteiger partial charge on any atom is -0.311 e. The van der Waals surface area contributed by atoms with E-state index < -0.39 is 38.2 Å². The van der Waals surface area contributed by atoms with E-state index in [2.05, 4.69) is 538 Å². The second-order valence-corrected chi connectivity index (χ2v) is 73.0. The van der Waals surface area contributed by atoms with E-state index in [1.165, 1.54) is 199 Å². The molecule has 0 fully saturated rings. The first-order chi connectivity index (χ1) is 66.5. The van der Waals surface area contributed by atoms with Gasteiger partial charge in [-0.3, -0.25) is 0 Å². The van der Waals surface area contributed by atoms with Crippen LogP contribution in [-0.4, -0.2) is 52.4 Å². The van der Waals surface area contributed by atoms with Crippen LogP contribution < -0.4 is 99.3 Å². The van der Waals surface area contributed by atoms with Gasteiger partial charge in [-0.25, -0.2) is 0 Å². The van der Waals surface area contributed by atoms with E-state index in [9.17, 15) is 0 Å². The third-order valence-electron chi connectivity index (χ3n) is 32.0. The van der Waals surface area contributed by atoms with Gasteiger partial charge in [-0.2, -0.15) is 0 Å². The van der Waals surface area contributed by atoms with Crippen molar-refractivity contribution in [3.63, 3.8) is 0 Å². The van der Waals surface area contributed by atoms with Crippen molar-refractivity contribution in [3.05, 3.63) is 352 Å². The van der Waals surface area contributed by atoms with Gasteiger partial charge in [0.1, 0.15) is 0 Å². The molecule has 15 aromatic rings. The van der Waals surface area contributed by atoms with Crippen molar-refractivity contribution in [2.45, 2.75) is 255 Å². The topological polar surface area (TPSA) is 19.4 Å². The van der Waals surface area contributed by atoms with Gasteiger partial charge in [-0.05, 0) is 291 Å². The minimum atomic E-state index is -1.99. The predicted octanol–water partition coefficient (Wildman–Crippen LogP) is 27.7. The molecule has 0 aromatic heterocycles. The van der Waals surface area contributed by atoms with Gasteiger partial charge < -0.3 is 29.4 Å². The van der Waals surface area contributed by atoms with Gasteiger partial charge >= 0.3 is 0 Å². The molecule has 6 aliphatic rings. The third-order valence-corrected chi connectivity index (χ3v) is 40.2. The monoisotopic (exact) mass is 1920 g/mol. The van der Waals surface area contributed by atoms with E-state index in [0.717, 1.165) is 34.1 Å². The van der Waals surface area contributed by atoms with Crippen molar-refractivity contribution in [1.82, 2.24) is 0 Å². The standard InChI is InChI=1S/C129H145B3N6Si4/c1-81-33-45-92(46-34-81)133-112-67-61-100(141(27,28)29)79-106(112)131-104-77-90(128(15,16)17)43-65-110(104)135(94-49-38-87(39-50-94)125(6,7)8)117-73-84(72-116(133)122(117)131)120(83-70-114-121-115(71-83)137(96-53-57-98(58-54-96)139(21,22)23)108-63-35-82(2)69-102(108)130(121)103-76-89(127(12,13)14)42-64-109(103)134(114)93-47-36-86(37-48-93)124(3,4)5)85-74-118-123-119(75-85)138(97-55-59-99(60-56-97)140(24,25)26)113-68-62-101(142(30,31)32)80-107(113)132(123)105-78-91(129(18,19)20)44-66-111(105)136(118)95-51-40-88(41-52-95)126(9,10)11/h33-80,120H,1-32H3. The fourth-order valence-corrected chi connectivity index (χ4v) is 28.2. The predicted molar refractivity (Wildman–Crippen MR) is 636 cm³/mol. The summed E-state index contributed by atoms with van der Waals surface area (Å²) in [6, 6.07) is 121. The highest BCUT2D eigenvalue weighted by molar-refractivity contribution is 7.03. The average Bonchev–Trinajstić information content (AvgIpc) is 0.688. The molecular weight excluding hydrogens is 1780 g/mol. The zero-order chi connectivity index (χ0) is 101. The number of hydrogen-bond donors (Lipinski definition) is 0. The molecule has 142 heavy (non-hydrogen) atoms. The smallest absolute Gasteiger partial charge is 0.252 e. The van der Waals surface area contributed by atoms with Crippen LogP contribution in [0.4, 0.5) is 102 Å². The largest absolute Gasteiger partial charge is 0.311 e. The van der Waals surface area contributed by atoms with Crippen molar-refractivity contribution in [2.24, 2.45) is 0 Å². The van der Waals surface area contributed by atoms with Gasteiger partial charge in [0, 0.05) is 108 Å². The Kier molecular flexibility index (Phi) is 22.6. The number of anilines is 18. The lowest BCUT2D eigenvalue weighted by Gasteiger charge is -2.47. The van der Waals surface area contributed by atoms with E-state index in [1.807, 2.05) is 0 Å². The number of fused-ring (bicyclic) bond motifs is 12. The molecule has 0 saturated carbocycles. The molecule has 0 radical (unpaired) electrons. The summed E-state index contributed by atoms with van der Waals surface area (Å²) in [6.07, 6.45) is 0. The molecule has 6 nitrogen and oxygen atoms in total. The van der Waals surface area contributed by atoms with Gasteiger partial charge in [-0.15, -0.1) is 0 Å². The van der Waals surface area contributed by atoms with Crippen LogP contribution in [0.1, 0.15) is 192 Å². The van der Waals surface area contributed by atoms with Crippen molar-refractivity contribution in [1.29, 1.82) is 0 Å². The summed E-state index contributed by atoms with van der Waals surface area (Å²) >= 11 is 0. The zero-order valence-electron chi connectivity index (χ0n) is 90.7. The summed E-state index contributed by atoms with van der Waals surface area (Å²) < 4.78 is 0. The summed E-state index contributed by atoms with van der Waals surface area (Å²) in [4.78, 5) is 16.3. The Morgan fingerprint density at radius 2 is 0.366 bits per heavy atom. The first kappa shape index (κ1) is 96.3. The average molecular weight is 1920 g/mol. The Labute approximate surface area is 855 Å². The second-order valence-electron chi connectivity index (χ2n) is 52.7. The summed E-state index contributed by atoms with van der Waals surface area (Å²) in [7, 11) is -7.64. The highest BCUT2D eigenvalue weighted by Gasteiger charge is 2.51. The Hall–Kier alpha value is -11.8. The van der Waals surface area contributed by atoms with Crippen molar-refractivity contribution < 1.29 is 0 Å². The van der Waals surface area contributed by atoms with Crippen LogP contribution in [0.15, 0.2) is 291 Å². The molecular formula is C129H145B3N6Si4. The lowest BCUT2D eigenvalue weighted by molar-refractivity contribution is 0.590. The Morgan fingerprint density at radius 3 is 0.599 bits per heavy atom. The second kappa shape index (κ2) is 33.4. The molecule has 0 amide bonds. The number of nitrogens with zero attached hydrogens (tertiary/aromatic N) is 6. The quantitative estimate of drug-likeness (QED) is 0.0840. The van der Waals surface area contributed by atoms with E-state index >= 15 is 0 Å². The van der Waals surface area contributed by atoms with Crippen molar-refractivity contribution in [2.75, 3.05) is 29.4 Å². The van der Waals surface area contributed by atoms with Crippen LogP contribution in [0.25, 0.3) is 0 Å². The number of aryl methyl sites for hydroxylation is 2. The fraction of sp³-hybridized carbons (Fsp3) is 0.302. The highest BCUT2D eigenvalue weighted by Crippen LogP contribution is 2.55. The van der Waals surface area contributed by atoms with Crippen LogP contribution in [-0.2, 0) is 32.5 Å². The van der Waals surface area contributed by atoms with Gasteiger partial charge in [0.2, 0.25) is 0 Å².